The van der Waals surface area contributed by atoms with Crippen molar-refractivity contribution in [2.24, 2.45) is 0 Å². The summed E-state index contributed by atoms with van der Waals surface area (Å²) in [5, 5.41) is 1.92. The predicted molar refractivity (Wildman–Crippen MR) is 79.1 cm³/mol. The molecule has 1 heterocycles. The summed E-state index contributed by atoms with van der Waals surface area (Å²) in [5.74, 6) is 0. The molecule has 8 heteroatoms. The van der Waals surface area contributed by atoms with Gasteiger partial charge < -0.3 is 0 Å². The van der Waals surface area contributed by atoms with E-state index in [9.17, 15) is 13.2 Å². The number of pyridine rings is 1. The van der Waals surface area contributed by atoms with E-state index in [4.69, 9.17) is 11.6 Å². The third-order valence-electron chi connectivity index (χ3n) is 2.91. The minimum Gasteiger partial charge on any atom is -0.244 e. The van der Waals surface area contributed by atoms with Gasteiger partial charge in [0.25, 0.3) is 0 Å². The molecule has 0 atom stereocenters. The molecule has 0 spiro atoms. The molecule has 0 saturated heterocycles. The van der Waals surface area contributed by atoms with Gasteiger partial charge in [-0.05, 0) is 35.9 Å². The summed E-state index contributed by atoms with van der Waals surface area (Å²) in [6.45, 7) is 0.437. The minimum atomic E-state index is -4.34. The first-order chi connectivity index (χ1) is 10.4. The average molecular weight is 331 g/mol. The molecule has 0 aliphatic rings. The third-order valence-corrected chi connectivity index (χ3v) is 3.13. The molecule has 0 fully saturated rings. The lowest BCUT2D eigenvalue weighted by Crippen LogP contribution is -2.46. The van der Waals surface area contributed by atoms with Crippen molar-refractivity contribution < 1.29 is 13.2 Å². The second-order valence-electron chi connectivity index (χ2n) is 4.43. The molecule has 118 valence electrons. The molecule has 2 aromatic rings. The van der Waals surface area contributed by atoms with E-state index in [-0.39, 0.29) is 0 Å². The molecule has 0 saturated carbocycles. The summed E-state index contributed by atoms with van der Waals surface area (Å²) in [7, 11) is 1.66. The van der Waals surface area contributed by atoms with Crippen molar-refractivity contribution in [1.82, 2.24) is 15.8 Å². The summed E-state index contributed by atoms with van der Waals surface area (Å²) >= 11 is 5.70. The van der Waals surface area contributed by atoms with Crippen LogP contribution in [-0.4, -0.2) is 12.0 Å². The van der Waals surface area contributed by atoms with E-state index < -0.39 is 11.7 Å². The number of halogens is 4. The van der Waals surface area contributed by atoms with Crippen LogP contribution in [0.1, 0.15) is 11.1 Å². The summed E-state index contributed by atoms with van der Waals surface area (Å²) in [4.78, 5) is 3.96. The van der Waals surface area contributed by atoms with E-state index in [0.717, 1.165) is 17.7 Å². The lowest BCUT2D eigenvalue weighted by atomic mass is 10.2. The Balaban J connectivity index is 2.03. The first kappa shape index (κ1) is 16.5. The lowest BCUT2D eigenvalue weighted by Gasteiger charge is -2.24. The molecule has 2 rings (SSSR count). The SMILES string of the molecule is CNN(NCc1ccc(Cl)nc1)c1ccc(C(F)(F)F)cc1. The summed E-state index contributed by atoms with van der Waals surface area (Å²) < 4.78 is 37.6. The Labute approximate surface area is 130 Å². The molecule has 0 radical (unpaired) electrons. The van der Waals surface area contributed by atoms with Crippen LogP contribution in [-0.2, 0) is 12.7 Å². The maximum absolute atomic E-state index is 12.5. The fraction of sp³-hybridized carbons (Fsp3) is 0.214. The van der Waals surface area contributed by atoms with Gasteiger partial charge >= 0.3 is 6.18 Å². The van der Waals surface area contributed by atoms with Crippen LogP contribution in [0.25, 0.3) is 0 Å². The number of hydrazine groups is 2. The number of nitrogens with one attached hydrogen (secondary N) is 2. The number of anilines is 1. The van der Waals surface area contributed by atoms with Crippen LogP contribution in [0.15, 0.2) is 42.6 Å². The molecule has 4 nitrogen and oxygen atoms in total. The topological polar surface area (TPSA) is 40.2 Å². The molecule has 0 amide bonds. The smallest absolute Gasteiger partial charge is 0.244 e. The lowest BCUT2D eigenvalue weighted by molar-refractivity contribution is -0.137. The number of aromatic nitrogens is 1. The van der Waals surface area contributed by atoms with Gasteiger partial charge in [-0.2, -0.15) is 13.2 Å². The Kier molecular flexibility index (Phi) is 5.23. The molecule has 0 aliphatic carbocycles. The van der Waals surface area contributed by atoms with Gasteiger partial charge in [0.2, 0.25) is 0 Å². The van der Waals surface area contributed by atoms with Crippen LogP contribution in [0.4, 0.5) is 18.9 Å². The molecule has 0 unspecified atom stereocenters. The van der Waals surface area contributed by atoms with Crippen molar-refractivity contribution in [2.75, 3.05) is 12.2 Å². The first-order valence-corrected chi connectivity index (χ1v) is 6.76. The zero-order chi connectivity index (χ0) is 16.2. The minimum absolute atomic E-state index is 0.400. The highest BCUT2D eigenvalue weighted by atomic mass is 35.5. The second kappa shape index (κ2) is 6.95. The predicted octanol–water partition coefficient (Wildman–Crippen LogP) is 3.40. The van der Waals surface area contributed by atoms with E-state index in [1.54, 1.807) is 19.3 Å². The molecule has 22 heavy (non-hydrogen) atoms. The monoisotopic (exact) mass is 330 g/mol. The summed E-state index contributed by atoms with van der Waals surface area (Å²) in [6, 6.07) is 8.30. The van der Waals surface area contributed by atoms with Gasteiger partial charge in [-0.1, -0.05) is 17.7 Å². The third kappa shape index (κ3) is 4.33. The standard InChI is InChI=1S/C14H14ClF3N4/c1-19-22(21-9-10-2-7-13(15)20-8-10)12-5-3-11(4-6-12)14(16,17)18/h2-8,19,21H,9H2,1H3. The molecule has 0 aliphatic heterocycles. The molecule has 1 aromatic heterocycles. The normalized spacial score (nSPS) is 11.5. The van der Waals surface area contributed by atoms with Crippen molar-refractivity contribution in [3.63, 3.8) is 0 Å². The molecule has 0 bridgehead atoms. The maximum Gasteiger partial charge on any atom is 0.416 e. The van der Waals surface area contributed by atoms with Gasteiger partial charge in [-0.15, -0.1) is 0 Å². The van der Waals surface area contributed by atoms with Gasteiger partial charge in [0, 0.05) is 19.8 Å². The highest BCUT2D eigenvalue weighted by Gasteiger charge is 2.30. The van der Waals surface area contributed by atoms with Gasteiger partial charge in [0.05, 0.1) is 11.3 Å². The van der Waals surface area contributed by atoms with E-state index >= 15 is 0 Å². The Morgan fingerprint density at radius 1 is 1.14 bits per heavy atom. The number of nitrogens with zero attached hydrogens (tertiary/aromatic N) is 2. The van der Waals surface area contributed by atoms with Crippen LogP contribution in [0, 0.1) is 0 Å². The highest BCUT2D eigenvalue weighted by Crippen LogP contribution is 2.30. The Morgan fingerprint density at radius 2 is 1.82 bits per heavy atom. The van der Waals surface area contributed by atoms with Crippen molar-refractivity contribution in [1.29, 1.82) is 0 Å². The Hall–Kier alpha value is -1.83. The Bertz CT molecular complexity index is 599. The van der Waals surface area contributed by atoms with Crippen LogP contribution in [0.3, 0.4) is 0 Å². The van der Waals surface area contributed by atoms with E-state index in [2.05, 4.69) is 15.8 Å². The van der Waals surface area contributed by atoms with Crippen LogP contribution in [0.2, 0.25) is 5.15 Å². The van der Waals surface area contributed by atoms with Crippen LogP contribution >= 0.6 is 11.6 Å². The van der Waals surface area contributed by atoms with Crippen molar-refractivity contribution in [3.8, 4) is 0 Å². The zero-order valence-corrected chi connectivity index (χ0v) is 12.4. The van der Waals surface area contributed by atoms with Gasteiger partial charge in [-0.3, -0.25) is 0 Å². The van der Waals surface area contributed by atoms with Crippen molar-refractivity contribution >= 4 is 17.3 Å². The number of hydrogen-bond donors (Lipinski definition) is 2. The first-order valence-electron chi connectivity index (χ1n) is 6.39. The molecule has 2 N–H and O–H groups in total. The Morgan fingerprint density at radius 3 is 2.32 bits per heavy atom. The van der Waals surface area contributed by atoms with Crippen molar-refractivity contribution in [2.45, 2.75) is 12.7 Å². The summed E-state index contributed by atoms with van der Waals surface area (Å²) in [6.07, 6.45) is -2.72. The number of benzene rings is 1. The van der Waals surface area contributed by atoms with Gasteiger partial charge in [-0.25, -0.2) is 21.0 Å². The molecular weight excluding hydrogens is 317 g/mol. The molecular formula is C14H14ClF3N4. The van der Waals surface area contributed by atoms with E-state index in [0.29, 0.717) is 17.4 Å². The van der Waals surface area contributed by atoms with Crippen LogP contribution in [0.5, 0.6) is 0 Å². The molecule has 1 aromatic carbocycles. The average Bonchev–Trinajstić information content (AvgIpc) is 2.49. The summed E-state index contributed by atoms with van der Waals surface area (Å²) in [5.41, 5.74) is 6.64. The quantitative estimate of drug-likeness (QED) is 0.651. The van der Waals surface area contributed by atoms with Crippen molar-refractivity contribution in [3.05, 3.63) is 58.9 Å². The number of hydrogen-bond acceptors (Lipinski definition) is 4. The number of rotatable bonds is 5. The van der Waals surface area contributed by atoms with E-state index in [1.807, 2.05) is 6.07 Å². The van der Waals surface area contributed by atoms with Gasteiger partial charge in [0.15, 0.2) is 0 Å². The highest BCUT2D eigenvalue weighted by molar-refractivity contribution is 6.29. The fourth-order valence-electron chi connectivity index (χ4n) is 1.78. The maximum atomic E-state index is 12.5. The second-order valence-corrected chi connectivity index (χ2v) is 4.81. The van der Waals surface area contributed by atoms with Gasteiger partial charge in [0.1, 0.15) is 5.15 Å². The zero-order valence-electron chi connectivity index (χ0n) is 11.7. The number of alkyl halides is 3. The van der Waals surface area contributed by atoms with Crippen LogP contribution < -0.4 is 16.0 Å². The van der Waals surface area contributed by atoms with E-state index in [1.165, 1.54) is 17.3 Å². The largest absolute Gasteiger partial charge is 0.416 e. The fourth-order valence-corrected chi connectivity index (χ4v) is 1.89.